The first-order valence-corrected chi connectivity index (χ1v) is 12.1. The fourth-order valence-corrected chi connectivity index (χ4v) is 4.45. The summed E-state index contributed by atoms with van der Waals surface area (Å²) in [5, 5.41) is 15.1. The van der Waals surface area contributed by atoms with E-state index in [1.807, 2.05) is 42.5 Å². The summed E-state index contributed by atoms with van der Waals surface area (Å²) in [6.45, 7) is 3.97. The average Bonchev–Trinajstić information content (AvgIpc) is 3.43. The largest absolute Gasteiger partial charge is 0.487 e. The molecule has 0 fully saturated rings. The van der Waals surface area contributed by atoms with E-state index in [4.69, 9.17) is 4.74 Å². The molecule has 1 aliphatic heterocycles. The molecule has 0 saturated heterocycles. The SMILES string of the molecule is CCCC[N+]1=CC2=CC(NC[C@H](O)c3ccc(OCc4ccccc4)c4[nH]c(=O)ccc34)=CC2=C1. The van der Waals surface area contributed by atoms with Crippen LogP contribution in [0.3, 0.4) is 0 Å². The Labute approximate surface area is 204 Å². The molecule has 0 bridgehead atoms. The Morgan fingerprint density at radius 1 is 1.06 bits per heavy atom. The third-order valence-electron chi connectivity index (χ3n) is 6.32. The zero-order valence-electron chi connectivity index (χ0n) is 19.8. The number of unbranched alkanes of at least 4 members (excludes halogenated alkanes) is 1. The topological polar surface area (TPSA) is 77.4 Å². The average molecular weight is 469 g/mol. The number of allylic oxidation sites excluding steroid dienone is 4. The van der Waals surface area contributed by atoms with Gasteiger partial charge in [-0.1, -0.05) is 49.7 Å². The van der Waals surface area contributed by atoms with E-state index >= 15 is 0 Å². The lowest BCUT2D eigenvalue weighted by Gasteiger charge is -2.17. The molecule has 3 N–H and O–H groups in total. The minimum atomic E-state index is -0.759. The molecule has 5 rings (SSSR count). The minimum absolute atomic E-state index is 0.210. The van der Waals surface area contributed by atoms with Crippen molar-refractivity contribution in [1.82, 2.24) is 10.3 Å². The molecule has 2 aromatic carbocycles. The lowest BCUT2D eigenvalue weighted by Crippen LogP contribution is -2.20. The van der Waals surface area contributed by atoms with Crippen molar-refractivity contribution < 1.29 is 14.4 Å². The van der Waals surface area contributed by atoms with Gasteiger partial charge in [0.15, 0.2) is 12.4 Å². The number of benzene rings is 2. The molecule has 2 heterocycles. The molecule has 6 nitrogen and oxygen atoms in total. The van der Waals surface area contributed by atoms with Crippen LogP contribution in [-0.2, 0) is 6.61 Å². The summed E-state index contributed by atoms with van der Waals surface area (Å²) in [7, 11) is 0. The number of ether oxygens (including phenoxy) is 1. The van der Waals surface area contributed by atoms with Gasteiger partial charge in [-0.25, -0.2) is 4.58 Å². The molecule has 178 valence electrons. The van der Waals surface area contributed by atoms with Crippen LogP contribution in [0.15, 0.2) is 94.6 Å². The summed E-state index contributed by atoms with van der Waals surface area (Å²) in [6, 6.07) is 16.8. The molecule has 0 spiro atoms. The molecule has 0 saturated carbocycles. The molecule has 0 radical (unpaired) electrons. The Morgan fingerprint density at radius 2 is 1.91 bits per heavy atom. The normalized spacial score (nSPS) is 15.3. The second-order valence-corrected chi connectivity index (χ2v) is 8.94. The lowest BCUT2D eigenvalue weighted by atomic mass is 10.0. The Hall–Kier alpha value is -3.90. The van der Waals surface area contributed by atoms with Gasteiger partial charge < -0.3 is 20.1 Å². The fourth-order valence-electron chi connectivity index (χ4n) is 4.45. The first-order chi connectivity index (χ1) is 17.1. The van der Waals surface area contributed by atoms with Crippen LogP contribution >= 0.6 is 0 Å². The number of hydrogen-bond acceptors (Lipinski definition) is 4. The molecule has 1 aliphatic carbocycles. The third kappa shape index (κ3) is 5.12. The van der Waals surface area contributed by atoms with Crippen LogP contribution in [-0.4, -0.2) is 34.0 Å². The summed E-state index contributed by atoms with van der Waals surface area (Å²) >= 11 is 0. The number of H-pyrrole nitrogens is 1. The number of rotatable bonds is 10. The van der Waals surface area contributed by atoms with E-state index in [2.05, 4.69) is 46.4 Å². The Kier molecular flexibility index (Phi) is 6.64. The highest BCUT2D eigenvalue weighted by Crippen LogP contribution is 2.31. The third-order valence-corrected chi connectivity index (χ3v) is 6.32. The number of fused-ring (bicyclic) bond motifs is 2. The molecule has 2 aliphatic rings. The number of aromatic nitrogens is 1. The zero-order valence-corrected chi connectivity index (χ0v) is 19.8. The van der Waals surface area contributed by atoms with Crippen molar-refractivity contribution in [2.45, 2.75) is 32.5 Å². The van der Waals surface area contributed by atoms with Crippen LogP contribution in [0.5, 0.6) is 5.75 Å². The number of aromatic amines is 1. The number of pyridine rings is 1. The van der Waals surface area contributed by atoms with Gasteiger partial charge in [0.05, 0.1) is 22.8 Å². The number of hydrogen-bond donors (Lipinski definition) is 3. The summed E-state index contributed by atoms with van der Waals surface area (Å²) < 4.78 is 8.25. The van der Waals surface area contributed by atoms with Gasteiger partial charge in [0.2, 0.25) is 5.56 Å². The summed E-state index contributed by atoms with van der Waals surface area (Å²) in [4.78, 5) is 14.9. The zero-order chi connectivity index (χ0) is 24.2. The van der Waals surface area contributed by atoms with Crippen LogP contribution in [0.4, 0.5) is 0 Å². The first-order valence-electron chi connectivity index (χ1n) is 12.1. The van der Waals surface area contributed by atoms with Crippen molar-refractivity contribution in [3.05, 3.63) is 111 Å². The standard InChI is InChI=1S/C29H29N3O3/c1-2-3-13-32-17-21-14-23(15-22(21)18-32)30-16-26(33)24-9-11-27(29-25(24)10-12-28(34)31-29)35-19-20-7-5-4-6-8-20/h4-12,14-15,17-18,26,30,33H,2-3,13,16,19H2,1H3/p+1/t26-/m0/s1. The Bertz CT molecular complexity index is 1410. The molecule has 1 aromatic heterocycles. The highest BCUT2D eigenvalue weighted by Gasteiger charge is 2.23. The van der Waals surface area contributed by atoms with E-state index in [1.165, 1.54) is 30.1 Å². The van der Waals surface area contributed by atoms with Gasteiger partial charge in [0, 0.05) is 30.1 Å². The number of aliphatic hydroxyl groups excluding tert-OH is 1. The van der Waals surface area contributed by atoms with Gasteiger partial charge in [-0.15, -0.1) is 0 Å². The van der Waals surface area contributed by atoms with E-state index in [0.717, 1.165) is 28.8 Å². The second kappa shape index (κ2) is 10.2. The predicted octanol–water partition coefficient (Wildman–Crippen LogP) is 4.33. The van der Waals surface area contributed by atoms with Crippen molar-refractivity contribution >= 4 is 17.1 Å². The quantitative estimate of drug-likeness (QED) is 0.387. The highest BCUT2D eigenvalue weighted by atomic mass is 16.5. The molecule has 0 amide bonds. The van der Waals surface area contributed by atoms with Crippen LogP contribution in [0.2, 0.25) is 0 Å². The van der Waals surface area contributed by atoms with E-state index in [-0.39, 0.29) is 5.56 Å². The Balaban J connectivity index is 1.29. The van der Waals surface area contributed by atoms with Crippen LogP contribution < -0.4 is 15.6 Å². The van der Waals surface area contributed by atoms with Gasteiger partial charge in [-0.05, 0) is 35.4 Å². The molecular weight excluding hydrogens is 438 g/mol. The van der Waals surface area contributed by atoms with Crippen molar-refractivity contribution in [2.75, 3.05) is 13.1 Å². The number of nitrogens with zero attached hydrogens (tertiary/aromatic N) is 1. The molecule has 35 heavy (non-hydrogen) atoms. The van der Waals surface area contributed by atoms with E-state index in [9.17, 15) is 9.90 Å². The van der Waals surface area contributed by atoms with Crippen molar-refractivity contribution in [2.24, 2.45) is 0 Å². The van der Waals surface area contributed by atoms with Gasteiger partial charge in [-0.2, -0.15) is 0 Å². The van der Waals surface area contributed by atoms with Crippen molar-refractivity contribution in [1.29, 1.82) is 0 Å². The fraction of sp³-hybridized carbons (Fsp3) is 0.241. The smallest absolute Gasteiger partial charge is 0.248 e. The van der Waals surface area contributed by atoms with Crippen LogP contribution in [0, 0.1) is 0 Å². The summed E-state index contributed by atoms with van der Waals surface area (Å²) in [5.74, 6) is 0.580. The van der Waals surface area contributed by atoms with E-state index in [1.54, 1.807) is 6.07 Å². The molecule has 3 aromatic rings. The maximum Gasteiger partial charge on any atom is 0.248 e. The van der Waals surface area contributed by atoms with Gasteiger partial charge in [0.1, 0.15) is 18.9 Å². The van der Waals surface area contributed by atoms with Crippen LogP contribution in [0.25, 0.3) is 10.9 Å². The summed E-state index contributed by atoms with van der Waals surface area (Å²) in [5.41, 5.74) is 5.53. The van der Waals surface area contributed by atoms with E-state index < -0.39 is 6.10 Å². The molecular formula is C29H30N3O3+. The van der Waals surface area contributed by atoms with Gasteiger partial charge in [0.25, 0.3) is 0 Å². The van der Waals surface area contributed by atoms with Gasteiger partial charge >= 0.3 is 0 Å². The molecule has 6 heteroatoms. The summed E-state index contributed by atoms with van der Waals surface area (Å²) in [6.07, 6.45) is 10.2. The first kappa shape index (κ1) is 22.9. The Morgan fingerprint density at radius 3 is 2.71 bits per heavy atom. The second-order valence-electron chi connectivity index (χ2n) is 8.94. The number of aliphatic hydroxyl groups is 1. The maximum absolute atomic E-state index is 12.1. The predicted molar refractivity (Wildman–Crippen MR) is 139 cm³/mol. The lowest BCUT2D eigenvalue weighted by molar-refractivity contribution is -0.449. The molecule has 0 unspecified atom stereocenters. The number of nitrogens with one attached hydrogen (secondary N) is 2. The minimum Gasteiger partial charge on any atom is -0.487 e. The van der Waals surface area contributed by atoms with Gasteiger partial charge in [-0.3, -0.25) is 4.79 Å². The maximum atomic E-state index is 12.1. The van der Waals surface area contributed by atoms with Crippen molar-refractivity contribution in [3.63, 3.8) is 0 Å². The molecule has 1 atom stereocenters. The van der Waals surface area contributed by atoms with Crippen molar-refractivity contribution in [3.8, 4) is 5.75 Å². The van der Waals surface area contributed by atoms with Crippen LogP contribution in [0.1, 0.15) is 37.0 Å². The highest BCUT2D eigenvalue weighted by molar-refractivity contribution is 5.88. The monoisotopic (exact) mass is 468 g/mol. The van der Waals surface area contributed by atoms with E-state index in [0.29, 0.717) is 24.4 Å².